The third kappa shape index (κ3) is 3.84. The minimum absolute atomic E-state index is 0.161. The van der Waals surface area contributed by atoms with Crippen LogP contribution in [0.25, 0.3) is 0 Å². The molecular formula is C11H13N3O2S. The molecule has 0 heterocycles. The Hall–Kier alpha value is -1.95. The molecule has 6 heteroatoms. The van der Waals surface area contributed by atoms with E-state index in [-0.39, 0.29) is 16.9 Å². The van der Waals surface area contributed by atoms with Crippen LogP contribution in [-0.4, -0.2) is 24.0 Å². The molecule has 2 amide bonds. The number of amides is 2. The summed E-state index contributed by atoms with van der Waals surface area (Å²) in [6.07, 6.45) is 0. The Morgan fingerprint density at radius 2 is 1.88 bits per heavy atom. The highest BCUT2D eigenvalue weighted by atomic mass is 32.1. The fraction of sp³-hybridized carbons (Fsp3) is 0.182. The number of carbonyl (C=O) groups is 2. The van der Waals surface area contributed by atoms with Crippen LogP contribution in [-0.2, 0) is 4.79 Å². The summed E-state index contributed by atoms with van der Waals surface area (Å²) >= 11 is 4.92. The van der Waals surface area contributed by atoms with Crippen molar-refractivity contribution in [3.8, 4) is 0 Å². The number of benzene rings is 1. The molecule has 0 bridgehead atoms. The molecule has 0 aliphatic carbocycles. The van der Waals surface area contributed by atoms with E-state index in [1.165, 1.54) is 6.92 Å². The molecule has 0 aliphatic rings. The molecule has 0 unspecified atom stereocenters. The summed E-state index contributed by atoms with van der Waals surface area (Å²) in [5, 5.41) is 7.91. The molecule has 90 valence electrons. The zero-order valence-electron chi connectivity index (χ0n) is 9.53. The molecule has 0 saturated heterocycles. The Bertz CT molecular complexity index is 460. The first-order valence-corrected chi connectivity index (χ1v) is 5.35. The van der Waals surface area contributed by atoms with Gasteiger partial charge in [0, 0.05) is 14.0 Å². The Morgan fingerprint density at radius 3 is 2.47 bits per heavy atom. The molecule has 0 atom stereocenters. The number of rotatable bonds is 2. The number of hydrogen-bond acceptors (Lipinski definition) is 3. The summed E-state index contributed by atoms with van der Waals surface area (Å²) < 4.78 is 0. The van der Waals surface area contributed by atoms with Gasteiger partial charge >= 0.3 is 0 Å². The van der Waals surface area contributed by atoms with Crippen molar-refractivity contribution in [2.45, 2.75) is 6.92 Å². The lowest BCUT2D eigenvalue weighted by Crippen LogP contribution is -2.33. The Kier molecular flexibility index (Phi) is 4.59. The fourth-order valence-electron chi connectivity index (χ4n) is 1.24. The first-order valence-electron chi connectivity index (χ1n) is 4.94. The molecular weight excluding hydrogens is 238 g/mol. The predicted octanol–water partition coefficient (Wildman–Crippen LogP) is 0.879. The van der Waals surface area contributed by atoms with Gasteiger partial charge in [0.1, 0.15) is 0 Å². The average Bonchev–Trinajstić information content (AvgIpc) is 2.27. The lowest BCUT2D eigenvalue weighted by molar-refractivity contribution is -0.117. The number of thiocarbonyl (C=S) groups is 1. The van der Waals surface area contributed by atoms with Gasteiger partial charge in [-0.15, -0.1) is 0 Å². The second kappa shape index (κ2) is 5.95. The van der Waals surface area contributed by atoms with E-state index in [1.54, 1.807) is 31.3 Å². The van der Waals surface area contributed by atoms with Crippen LogP contribution in [0.15, 0.2) is 24.3 Å². The van der Waals surface area contributed by atoms with Crippen LogP contribution >= 0.6 is 12.2 Å². The van der Waals surface area contributed by atoms with Crippen LogP contribution in [0, 0.1) is 0 Å². The Morgan fingerprint density at radius 1 is 1.24 bits per heavy atom. The average molecular weight is 251 g/mol. The van der Waals surface area contributed by atoms with Crippen molar-refractivity contribution in [2.24, 2.45) is 0 Å². The maximum atomic E-state index is 11.6. The van der Waals surface area contributed by atoms with Gasteiger partial charge in [-0.1, -0.05) is 12.1 Å². The number of nitrogens with one attached hydrogen (secondary N) is 3. The van der Waals surface area contributed by atoms with Crippen molar-refractivity contribution in [1.82, 2.24) is 10.6 Å². The summed E-state index contributed by atoms with van der Waals surface area (Å²) in [7, 11) is 1.55. The highest BCUT2D eigenvalue weighted by molar-refractivity contribution is 7.80. The van der Waals surface area contributed by atoms with E-state index in [4.69, 9.17) is 12.2 Å². The van der Waals surface area contributed by atoms with Crippen molar-refractivity contribution in [1.29, 1.82) is 0 Å². The monoisotopic (exact) mass is 251 g/mol. The highest BCUT2D eigenvalue weighted by Crippen LogP contribution is 2.14. The largest absolute Gasteiger partial charge is 0.355 e. The van der Waals surface area contributed by atoms with Crippen LogP contribution in [0.1, 0.15) is 17.3 Å². The third-order valence-electron chi connectivity index (χ3n) is 1.94. The number of para-hydroxylation sites is 1. The van der Waals surface area contributed by atoms with Crippen LogP contribution in [0.3, 0.4) is 0 Å². The van der Waals surface area contributed by atoms with Crippen molar-refractivity contribution in [3.05, 3.63) is 29.8 Å². The van der Waals surface area contributed by atoms with Gasteiger partial charge in [0.2, 0.25) is 5.91 Å². The quantitative estimate of drug-likeness (QED) is 0.682. The van der Waals surface area contributed by atoms with Crippen molar-refractivity contribution < 1.29 is 9.59 Å². The molecule has 5 nitrogen and oxygen atoms in total. The molecule has 1 aromatic carbocycles. The minimum Gasteiger partial charge on any atom is -0.355 e. The molecule has 0 spiro atoms. The molecule has 1 aromatic rings. The smallest absolute Gasteiger partial charge is 0.253 e. The van der Waals surface area contributed by atoms with E-state index in [2.05, 4.69) is 16.0 Å². The van der Waals surface area contributed by atoms with Crippen LogP contribution in [0.5, 0.6) is 0 Å². The molecule has 1 rings (SSSR count). The normalized spacial score (nSPS) is 9.29. The number of carbonyl (C=O) groups excluding carboxylic acids is 2. The molecule has 0 radical (unpaired) electrons. The molecule has 17 heavy (non-hydrogen) atoms. The van der Waals surface area contributed by atoms with Gasteiger partial charge in [-0.3, -0.25) is 9.59 Å². The van der Waals surface area contributed by atoms with E-state index >= 15 is 0 Å². The molecule has 0 saturated carbocycles. The van der Waals surface area contributed by atoms with Crippen molar-refractivity contribution >= 4 is 34.8 Å². The van der Waals surface area contributed by atoms with E-state index in [9.17, 15) is 9.59 Å². The molecule has 3 N–H and O–H groups in total. The van der Waals surface area contributed by atoms with E-state index in [0.29, 0.717) is 11.3 Å². The number of anilines is 1. The van der Waals surface area contributed by atoms with Crippen molar-refractivity contribution in [3.63, 3.8) is 0 Å². The second-order valence-electron chi connectivity index (χ2n) is 3.26. The van der Waals surface area contributed by atoms with Crippen LogP contribution in [0.4, 0.5) is 5.69 Å². The van der Waals surface area contributed by atoms with Gasteiger partial charge in [0.25, 0.3) is 5.91 Å². The summed E-state index contributed by atoms with van der Waals surface area (Å²) in [6.45, 7) is 1.36. The maximum Gasteiger partial charge on any atom is 0.253 e. The van der Waals surface area contributed by atoms with Crippen LogP contribution in [0.2, 0.25) is 0 Å². The highest BCUT2D eigenvalue weighted by Gasteiger charge is 2.10. The number of hydrogen-bond donors (Lipinski definition) is 3. The topological polar surface area (TPSA) is 70.2 Å². The van der Waals surface area contributed by atoms with Gasteiger partial charge in [0.15, 0.2) is 5.11 Å². The van der Waals surface area contributed by atoms with Gasteiger partial charge in [0.05, 0.1) is 11.3 Å². The van der Waals surface area contributed by atoms with Gasteiger partial charge < -0.3 is 16.0 Å². The summed E-state index contributed by atoms with van der Waals surface area (Å²) in [5.41, 5.74) is 1.01. The maximum absolute atomic E-state index is 11.6. The second-order valence-corrected chi connectivity index (χ2v) is 3.67. The molecule has 0 aliphatic heterocycles. The van der Waals surface area contributed by atoms with Gasteiger partial charge in [-0.05, 0) is 24.4 Å². The third-order valence-corrected chi connectivity index (χ3v) is 2.14. The van der Waals surface area contributed by atoms with E-state index in [0.717, 1.165) is 0 Å². The summed E-state index contributed by atoms with van der Waals surface area (Å²) in [4.78, 5) is 22.4. The molecule has 0 aromatic heterocycles. The lowest BCUT2D eigenvalue weighted by atomic mass is 10.1. The van der Waals surface area contributed by atoms with Gasteiger partial charge in [-0.2, -0.15) is 0 Å². The Balaban J connectivity index is 2.87. The first kappa shape index (κ1) is 13.1. The fourth-order valence-corrected chi connectivity index (χ4v) is 1.49. The SMILES string of the molecule is CNC(=O)c1ccccc1NC(=S)NC(C)=O. The first-order chi connectivity index (χ1) is 8.04. The molecule has 0 fully saturated rings. The summed E-state index contributed by atoms with van der Waals surface area (Å²) in [5.74, 6) is -0.487. The summed E-state index contributed by atoms with van der Waals surface area (Å²) in [6, 6.07) is 6.89. The standard InChI is InChI=1S/C11H13N3O2S/c1-7(15)13-11(17)14-9-6-4-3-5-8(9)10(16)12-2/h3-6H,1-2H3,(H,12,16)(H2,13,14,15,17). The van der Waals surface area contributed by atoms with E-state index in [1.807, 2.05) is 0 Å². The Labute approximate surface area is 105 Å². The predicted molar refractivity (Wildman–Crippen MR) is 69.9 cm³/mol. The van der Waals surface area contributed by atoms with Crippen LogP contribution < -0.4 is 16.0 Å². The zero-order valence-corrected chi connectivity index (χ0v) is 10.4. The van der Waals surface area contributed by atoms with E-state index < -0.39 is 0 Å². The lowest BCUT2D eigenvalue weighted by Gasteiger charge is -2.11. The van der Waals surface area contributed by atoms with Gasteiger partial charge in [-0.25, -0.2) is 0 Å². The van der Waals surface area contributed by atoms with Crippen molar-refractivity contribution in [2.75, 3.05) is 12.4 Å². The minimum atomic E-state index is -0.264. The zero-order chi connectivity index (χ0) is 12.8.